The number of rotatable bonds is 1. The Morgan fingerprint density at radius 2 is 1.86 bits per heavy atom. The summed E-state index contributed by atoms with van der Waals surface area (Å²) in [5.41, 5.74) is 0. The van der Waals surface area contributed by atoms with E-state index in [4.69, 9.17) is 5.11 Å². The van der Waals surface area contributed by atoms with E-state index in [1.165, 1.54) is 0 Å². The first kappa shape index (κ1) is 9.49. The number of amides is 1. The fraction of sp³-hybridized carbons (Fsp3) is 0.800. The van der Waals surface area contributed by atoms with Crippen molar-refractivity contribution in [2.24, 2.45) is 11.8 Å². The summed E-state index contributed by atoms with van der Waals surface area (Å²) < 4.78 is 0. The average Bonchev–Trinajstić information content (AvgIpc) is 2.05. The van der Waals surface area contributed by atoms with Gasteiger partial charge in [0.05, 0.1) is 0 Å². The van der Waals surface area contributed by atoms with Gasteiger partial charge in [-0.25, -0.2) is 4.79 Å². The summed E-state index contributed by atoms with van der Waals surface area (Å²) in [5.74, 6) is 0.624. The molecule has 0 spiro atoms. The van der Waals surface area contributed by atoms with Crippen LogP contribution in [0.25, 0.3) is 0 Å². The Morgan fingerprint density at radius 1 is 1.29 bits per heavy atom. The SMILES string of the molecule is O=C(O)NC1CC2CCCC(C1)C2=O. The van der Waals surface area contributed by atoms with Crippen molar-refractivity contribution in [2.75, 3.05) is 0 Å². The molecule has 78 valence electrons. The molecule has 0 heterocycles. The first-order valence-electron chi connectivity index (χ1n) is 5.20. The molecule has 2 unspecified atom stereocenters. The van der Waals surface area contributed by atoms with Crippen LogP contribution in [-0.2, 0) is 4.79 Å². The Balaban J connectivity index is 2.00. The fourth-order valence-corrected chi connectivity index (χ4v) is 2.77. The van der Waals surface area contributed by atoms with Crippen molar-refractivity contribution in [1.82, 2.24) is 5.32 Å². The maximum Gasteiger partial charge on any atom is 0.404 e. The van der Waals surface area contributed by atoms with E-state index in [0.717, 1.165) is 19.3 Å². The number of ketones is 1. The van der Waals surface area contributed by atoms with E-state index in [2.05, 4.69) is 5.32 Å². The Morgan fingerprint density at radius 3 is 2.36 bits per heavy atom. The largest absolute Gasteiger partial charge is 0.465 e. The Hall–Kier alpha value is -1.06. The monoisotopic (exact) mass is 197 g/mol. The van der Waals surface area contributed by atoms with Crippen LogP contribution >= 0.6 is 0 Å². The lowest BCUT2D eigenvalue weighted by Gasteiger charge is -2.37. The standard InChI is InChI=1S/C10H15NO3/c12-9-6-2-1-3-7(9)5-8(4-6)11-10(13)14/h6-8,11H,1-5H2,(H,13,14). The third kappa shape index (κ3) is 1.74. The second-order valence-corrected chi connectivity index (χ2v) is 4.34. The van der Waals surface area contributed by atoms with Crippen LogP contribution in [0.5, 0.6) is 0 Å². The maximum atomic E-state index is 11.7. The number of carbonyl (C=O) groups excluding carboxylic acids is 1. The highest BCUT2D eigenvalue weighted by Crippen LogP contribution is 2.36. The van der Waals surface area contributed by atoms with Crippen LogP contribution in [0.3, 0.4) is 0 Å². The summed E-state index contributed by atoms with van der Waals surface area (Å²) in [6.07, 6.45) is 3.48. The molecule has 0 aromatic heterocycles. The van der Waals surface area contributed by atoms with Crippen molar-refractivity contribution in [3.8, 4) is 0 Å². The van der Waals surface area contributed by atoms with Crippen LogP contribution < -0.4 is 5.32 Å². The third-order valence-corrected chi connectivity index (χ3v) is 3.38. The van der Waals surface area contributed by atoms with Crippen LogP contribution in [0.4, 0.5) is 4.79 Å². The highest BCUT2D eigenvalue weighted by molar-refractivity contribution is 5.85. The normalized spacial score (nSPS) is 36.6. The van der Waals surface area contributed by atoms with Gasteiger partial charge < -0.3 is 10.4 Å². The molecule has 1 amide bonds. The minimum absolute atomic E-state index is 0.000463. The summed E-state index contributed by atoms with van der Waals surface area (Å²) in [7, 11) is 0. The van der Waals surface area contributed by atoms with E-state index in [1.807, 2.05) is 0 Å². The lowest BCUT2D eigenvalue weighted by atomic mass is 9.69. The Bertz CT molecular complexity index is 248. The lowest BCUT2D eigenvalue weighted by Crippen LogP contribution is -2.46. The van der Waals surface area contributed by atoms with Crippen molar-refractivity contribution in [3.63, 3.8) is 0 Å². The number of carbonyl (C=O) groups is 2. The molecule has 4 heteroatoms. The number of carboxylic acid groups (broad SMARTS) is 1. The van der Waals surface area contributed by atoms with E-state index >= 15 is 0 Å². The highest BCUT2D eigenvalue weighted by Gasteiger charge is 2.39. The summed E-state index contributed by atoms with van der Waals surface area (Å²) in [4.78, 5) is 22.1. The van der Waals surface area contributed by atoms with Crippen LogP contribution in [0.1, 0.15) is 32.1 Å². The molecule has 2 fully saturated rings. The maximum absolute atomic E-state index is 11.7. The van der Waals surface area contributed by atoms with Crippen LogP contribution in [0.15, 0.2) is 0 Å². The van der Waals surface area contributed by atoms with Gasteiger partial charge in [-0.3, -0.25) is 4.79 Å². The molecule has 2 aliphatic rings. The predicted molar refractivity (Wildman–Crippen MR) is 50.0 cm³/mol. The first-order chi connectivity index (χ1) is 6.66. The molecule has 2 atom stereocenters. The minimum atomic E-state index is -0.970. The zero-order chi connectivity index (χ0) is 10.1. The molecule has 2 aliphatic carbocycles. The van der Waals surface area contributed by atoms with Gasteiger partial charge in [-0.15, -0.1) is 0 Å². The molecule has 2 N–H and O–H groups in total. The summed E-state index contributed by atoms with van der Waals surface area (Å²) >= 11 is 0. The molecular weight excluding hydrogens is 182 g/mol. The number of fused-ring (bicyclic) bond motifs is 2. The summed E-state index contributed by atoms with van der Waals surface area (Å²) in [6, 6.07) is 0.000463. The van der Waals surface area contributed by atoms with Gasteiger partial charge in [-0.2, -0.15) is 0 Å². The molecular formula is C10H15NO3. The molecule has 0 radical (unpaired) electrons. The molecule has 0 aliphatic heterocycles. The van der Waals surface area contributed by atoms with E-state index in [0.29, 0.717) is 18.6 Å². The number of hydrogen-bond acceptors (Lipinski definition) is 2. The van der Waals surface area contributed by atoms with Gasteiger partial charge in [0, 0.05) is 17.9 Å². The van der Waals surface area contributed by atoms with Gasteiger partial charge >= 0.3 is 6.09 Å². The van der Waals surface area contributed by atoms with Crippen molar-refractivity contribution >= 4 is 11.9 Å². The van der Waals surface area contributed by atoms with Crippen molar-refractivity contribution in [3.05, 3.63) is 0 Å². The molecule has 4 nitrogen and oxygen atoms in total. The quantitative estimate of drug-likeness (QED) is 0.667. The summed E-state index contributed by atoms with van der Waals surface area (Å²) in [6.45, 7) is 0. The van der Waals surface area contributed by atoms with Crippen molar-refractivity contribution in [1.29, 1.82) is 0 Å². The van der Waals surface area contributed by atoms with Crippen LogP contribution in [0.2, 0.25) is 0 Å². The smallest absolute Gasteiger partial charge is 0.404 e. The highest BCUT2D eigenvalue weighted by atomic mass is 16.4. The molecule has 0 aromatic carbocycles. The molecule has 0 saturated heterocycles. The van der Waals surface area contributed by atoms with E-state index < -0.39 is 6.09 Å². The van der Waals surface area contributed by atoms with Gasteiger partial charge in [0.2, 0.25) is 0 Å². The van der Waals surface area contributed by atoms with E-state index in [1.54, 1.807) is 0 Å². The number of nitrogens with one attached hydrogen (secondary N) is 1. The van der Waals surface area contributed by atoms with E-state index in [-0.39, 0.29) is 17.9 Å². The van der Waals surface area contributed by atoms with Crippen LogP contribution in [-0.4, -0.2) is 23.0 Å². The lowest BCUT2D eigenvalue weighted by molar-refractivity contribution is -0.132. The van der Waals surface area contributed by atoms with E-state index in [9.17, 15) is 9.59 Å². The van der Waals surface area contributed by atoms with Gasteiger partial charge in [-0.1, -0.05) is 6.42 Å². The molecule has 14 heavy (non-hydrogen) atoms. The zero-order valence-electron chi connectivity index (χ0n) is 8.03. The number of hydrogen-bond donors (Lipinski definition) is 2. The fourth-order valence-electron chi connectivity index (χ4n) is 2.77. The minimum Gasteiger partial charge on any atom is -0.465 e. The first-order valence-corrected chi connectivity index (χ1v) is 5.20. The van der Waals surface area contributed by atoms with Crippen LogP contribution in [0, 0.1) is 11.8 Å². The van der Waals surface area contributed by atoms with Crippen molar-refractivity contribution < 1.29 is 14.7 Å². The van der Waals surface area contributed by atoms with Gasteiger partial charge in [0.1, 0.15) is 5.78 Å². The topological polar surface area (TPSA) is 66.4 Å². The zero-order valence-corrected chi connectivity index (χ0v) is 8.03. The molecule has 2 rings (SSSR count). The summed E-state index contributed by atoms with van der Waals surface area (Å²) in [5, 5.41) is 11.1. The predicted octanol–water partition coefficient (Wildman–Crippen LogP) is 1.40. The second kappa shape index (κ2) is 3.59. The number of Topliss-reactive ketones (excluding diaryl/α,β-unsaturated/α-hetero) is 1. The molecule has 2 bridgehead atoms. The Kier molecular flexibility index (Phi) is 2.44. The average molecular weight is 197 g/mol. The van der Waals surface area contributed by atoms with Gasteiger partial charge in [-0.05, 0) is 25.7 Å². The van der Waals surface area contributed by atoms with Gasteiger partial charge in [0.25, 0.3) is 0 Å². The van der Waals surface area contributed by atoms with Crippen molar-refractivity contribution in [2.45, 2.75) is 38.1 Å². The molecule has 0 aromatic rings. The second-order valence-electron chi connectivity index (χ2n) is 4.34. The Labute approximate surface area is 82.7 Å². The molecule has 2 saturated carbocycles. The third-order valence-electron chi connectivity index (χ3n) is 3.38. The van der Waals surface area contributed by atoms with Gasteiger partial charge in [0.15, 0.2) is 0 Å².